The predicted octanol–water partition coefficient (Wildman–Crippen LogP) is 3.61. The number of nitrogens with zero attached hydrogens (tertiary/aromatic N) is 2. The van der Waals surface area contributed by atoms with Crippen LogP contribution >= 0.6 is 11.6 Å². The van der Waals surface area contributed by atoms with Crippen molar-refractivity contribution in [2.24, 2.45) is 0 Å². The topological polar surface area (TPSA) is 28.2 Å². The van der Waals surface area contributed by atoms with Crippen LogP contribution in [-0.4, -0.2) is 24.1 Å². The van der Waals surface area contributed by atoms with Crippen molar-refractivity contribution < 1.29 is 0 Å². The molecule has 4 heteroatoms. The zero-order valence-electron chi connectivity index (χ0n) is 12.0. The molecule has 106 valence electrons. The number of hydrogen-bond acceptors (Lipinski definition) is 3. The fraction of sp³-hybridized carbons (Fsp3) is 0.667. The zero-order valence-corrected chi connectivity index (χ0v) is 12.7. The number of aromatic nitrogens is 1. The van der Waals surface area contributed by atoms with Gasteiger partial charge in [-0.25, -0.2) is 4.98 Å². The first-order valence-corrected chi connectivity index (χ1v) is 7.75. The minimum atomic E-state index is 0.644. The minimum absolute atomic E-state index is 0.644. The van der Waals surface area contributed by atoms with Crippen LogP contribution in [0.2, 0.25) is 5.02 Å². The molecule has 1 aliphatic heterocycles. The highest BCUT2D eigenvalue weighted by Gasteiger charge is 2.24. The molecule has 3 nitrogen and oxygen atoms in total. The van der Waals surface area contributed by atoms with Crippen molar-refractivity contribution in [2.75, 3.05) is 18.0 Å². The van der Waals surface area contributed by atoms with E-state index in [4.69, 9.17) is 11.6 Å². The van der Waals surface area contributed by atoms with E-state index < -0.39 is 0 Å². The summed E-state index contributed by atoms with van der Waals surface area (Å²) in [6.45, 7) is 7.39. The number of anilines is 1. The molecule has 1 fully saturated rings. The Labute approximate surface area is 121 Å². The van der Waals surface area contributed by atoms with E-state index in [0.29, 0.717) is 6.04 Å². The van der Waals surface area contributed by atoms with E-state index in [1.165, 1.54) is 19.3 Å². The molecule has 0 radical (unpaired) electrons. The van der Waals surface area contributed by atoms with Gasteiger partial charge in [-0.1, -0.05) is 25.4 Å². The molecule has 0 amide bonds. The van der Waals surface area contributed by atoms with E-state index in [1.54, 1.807) is 6.20 Å². The highest BCUT2D eigenvalue weighted by atomic mass is 35.5. The third-order valence-electron chi connectivity index (χ3n) is 3.81. The molecule has 1 saturated heterocycles. The third kappa shape index (κ3) is 3.61. The van der Waals surface area contributed by atoms with Gasteiger partial charge in [0, 0.05) is 25.3 Å². The van der Waals surface area contributed by atoms with Crippen LogP contribution in [0.1, 0.15) is 45.1 Å². The summed E-state index contributed by atoms with van der Waals surface area (Å²) < 4.78 is 0. The zero-order chi connectivity index (χ0) is 13.7. The largest absolute Gasteiger partial charge is 0.354 e. The van der Waals surface area contributed by atoms with Gasteiger partial charge in [0.2, 0.25) is 0 Å². The molecule has 0 bridgehead atoms. The molecule has 1 atom stereocenters. The van der Waals surface area contributed by atoms with Gasteiger partial charge >= 0.3 is 0 Å². The normalized spacial score (nSPS) is 19.1. The van der Waals surface area contributed by atoms with E-state index in [1.807, 2.05) is 0 Å². The summed E-state index contributed by atoms with van der Waals surface area (Å²) in [6, 6.07) is 2.80. The number of pyridine rings is 1. The van der Waals surface area contributed by atoms with Gasteiger partial charge < -0.3 is 10.2 Å². The summed E-state index contributed by atoms with van der Waals surface area (Å²) in [5.74, 6) is 1.09. The maximum absolute atomic E-state index is 6.23. The first-order valence-electron chi connectivity index (χ1n) is 7.38. The van der Waals surface area contributed by atoms with Crippen LogP contribution in [-0.2, 0) is 6.54 Å². The summed E-state index contributed by atoms with van der Waals surface area (Å²) in [5, 5.41) is 4.17. The Morgan fingerprint density at radius 3 is 3.05 bits per heavy atom. The van der Waals surface area contributed by atoms with Crippen LogP contribution in [0.15, 0.2) is 12.3 Å². The van der Waals surface area contributed by atoms with Gasteiger partial charge in [0.15, 0.2) is 0 Å². The van der Waals surface area contributed by atoms with Gasteiger partial charge in [-0.05, 0) is 43.9 Å². The third-order valence-corrected chi connectivity index (χ3v) is 4.15. The molecule has 0 aliphatic carbocycles. The molecule has 19 heavy (non-hydrogen) atoms. The summed E-state index contributed by atoms with van der Waals surface area (Å²) in [4.78, 5) is 6.94. The van der Waals surface area contributed by atoms with Gasteiger partial charge in [0.1, 0.15) is 5.82 Å². The summed E-state index contributed by atoms with van der Waals surface area (Å²) >= 11 is 6.23. The van der Waals surface area contributed by atoms with Crippen molar-refractivity contribution in [3.63, 3.8) is 0 Å². The fourth-order valence-electron chi connectivity index (χ4n) is 2.72. The minimum Gasteiger partial charge on any atom is -0.354 e. The van der Waals surface area contributed by atoms with Crippen molar-refractivity contribution in [3.8, 4) is 0 Å². The second kappa shape index (κ2) is 7.11. The van der Waals surface area contributed by atoms with E-state index in [9.17, 15) is 0 Å². The molecular formula is C15H24ClN3. The molecule has 2 rings (SSSR count). The first-order chi connectivity index (χ1) is 9.26. The monoisotopic (exact) mass is 281 g/mol. The molecule has 0 saturated carbocycles. The molecule has 1 aliphatic rings. The Morgan fingerprint density at radius 2 is 2.32 bits per heavy atom. The summed E-state index contributed by atoms with van der Waals surface area (Å²) in [7, 11) is 0. The first kappa shape index (κ1) is 14.6. The van der Waals surface area contributed by atoms with Crippen molar-refractivity contribution in [1.82, 2.24) is 10.3 Å². The highest BCUT2D eigenvalue weighted by Crippen LogP contribution is 2.28. The van der Waals surface area contributed by atoms with Crippen LogP contribution in [0.5, 0.6) is 0 Å². The van der Waals surface area contributed by atoms with Crippen LogP contribution in [0.3, 0.4) is 0 Å². The molecule has 0 spiro atoms. The lowest BCUT2D eigenvalue weighted by atomic mass is 10.1. The molecule has 1 aromatic rings. The standard InChI is InChI=1S/C15H24ClN3/c1-3-7-17-10-12-9-15(18-11-14(12)16)19-8-5-6-13(19)4-2/h9,11,13,17H,3-8,10H2,1-2H3. The highest BCUT2D eigenvalue weighted by molar-refractivity contribution is 6.31. The van der Waals surface area contributed by atoms with Crippen LogP contribution in [0.25, 0.3) is 0 Å². The van der Waals surface area contributed by atoms with Gasteiger partial charge in [-0.3, -0.25) is 0 Å². The quantitative estimate of drug-likeness (QED) is 0.808. The second-order valence-electron chi connectivity index (χ2n) is 5.21. The fourth-order valence-corrected chi connectivity index (χ4v) is 2.89. The number of nitrogens with one attached hydrogen (secondary N) is 1. The molecule has 1 N–H and O–H groups in total. The van der Waals surface area contributed by atoms with Crippen molar-refractivity contribution in [1.29, 1.82) is 0 Å². The number of halogens is 1. The van der Waals surface area contributed by atoms with Crippen LogP contribution < -0.4 is 10.2 Å². The predicted molar refractivity (Wildman–Crippen MR) is 81.9 cm³/mol. The van der Waals surface area contributed by atoms with Crippen LogP contribution in [0, 0.1) is 0 Å². The van der Waals surface area contributed by atoms with Crippen molar-refractivity contribution in [3.05, 3.63) is 22.8 Å². The van der Waals surface area contributed by atoms with Crippen LogP contribution in [0.4, 0.5) is 5.82 Å². The number of hydrogen-bond donors (Lipinski definition) is 1. The SMILES string of the molecule is CCCNCc1cc(N2CCCC2CC)ncc1Cl. The average Bonchev–Trinajstić information content (AvgIpc) is 2.89. The Bertz CT molecular complexity index is 408. The second-order valence-corrected chi connectivity index (χ2v) is 5.62. The van der Waals surface area contributed by atoms with Gasteiger partial charge in [0.05, 0.1) is 5.02 Å². The van der Waals surface area contributed by atoms with E-state index >= 15 is 0 Å². The molecule has 0 aromatic carbocycles. The van der Waals surface area contributed by atoms with E-state index in [-0.39, 0.29) is 0 Å². The molecule has 1 unspecified atom stereocenters. The maximum Gasteiger partial charge on any atom is 0.129 e. The van der Waals surface area contributed by atoms with Gasteiger partial charge in [-0.15, -0.1) is 0 Å². The summed E-state index contributed by atoms with van der Waals surface area (Å²) in [6.07, 6.45) is 6.68. The average molecular weight is 282 g/mol. The number of rotatable bonds is 6. The lowest BCUT2D eigenvalue weighted by Crippen LogP contribution is -2.29. The molecule has 1 aromatic heterocycles. The summed E-state index contributed by atoms with van der Waals surface area (Å²) in [5.41, 5.74) is 1.15. The van der Waals surface area contributed by atoms with Crippen molar-refractivity contribution >= 4 is 17.4 Å². The van der Waals surface area contributed by atoms with E-state index in [0.717, 1.165) is 42.5 Å². The lowest BCUT2D eigenvalue weighted by molar-refractivity contribution is 0.638. The Morgan fingerprint density at radius 1 is 1.47 bits per heavy atom. The van der Waals surface area contributed by atoms with E-state index in [2.05, 4.69) is 35.1 Å². The van der Waals surface area contributed by atoms with Gasteiger partial charge in [0.25, 0.3) is 0 Å². The van der Waals surface area contributed by atoms with Crippen molar-refractivity contribution in [2.45, 2.75) is 52.1 Å². The maximum atomic E-state index is 6.23. The lowest BCUT2D eigenvalue weighted by Gasteiger charge is -2.25. The molecule has 2 heterocycles. The molecular weight excluding hydrogens is 258 g/mol. The Kier molecular flexibility index (Phi) is 5.46. The smallest absolute Gasteiger partial charge is 0.129 e. The van der Waals surface area contributed by atoms with Gasteiger partial charge in [-0.2, -0.15) is 0 Å². The Hall–Kier alpha value is -0.800. The Balaban J connectivity index is 2.11.